The van der Waals surface area contributed by atoms with Crippen molar-refractivity contribution in [2.75, 3.05) is 18.5 Å². The van der Waals surface area contributed by atoms with Gasteiger partial charge in [-0.1, -0.05) is 15.9 Å². The van der Waals surface area contributed by atoms with Crippen LogP contribution in [0.3, 0.4) is 0 Å². The molecular formula is C20H14BrFN2O6S. The van der Waals surface area contributed by atoms with E-state index in [1.807, 2.05) is 0 Å². The summed E-state index contributed by atoms with van der Waals surface area (Å²) >= 11 is 3.93. The van der Waals surface area contributed by atoms with Gasteiger partial charge in [0.15, 0.2) is 6.61 Å². The normalized spacial score (nSPS) is 14.8. The molecule has 0 saturated carbocycles. The van der Waals surface area contributed by atoms with Crippen LogP contribution in [0.15, 0.2) is 51.8 Å². The van der Waals surface area contributed by atoms with E-state index in [2.05, 4.69) is 21.2 Å². The van der Waals surface area contributed by atoms with Gasteiger partial charge in [0.1, 0.15) is 18.1 Å². The molecule has 1 aliphatic heterocycles. The number of ether oxygens (including phenoxy) is 1. The SMILES string of the molecule is O=C(O)COc1ccc(Br)cc1/C=C1\SC(=O)N(CC(=O)Nc2ccc(F)cc2)C1=O. The Morgan fingerprint density at radius 2 is 1.90 bits per heavy atom. The molecule has 3 amide bonds. The highest BCUT2D eigenvalue weighted by Crippen LogP contribution is 2.34. The molecule has 0 bridgehead atoms. The van der Waals surface area contributed by atoms with Crippen molar-refractivity contribution in [3.63, 3.8) is 0 Å². The van der Waals surface area contributed by atoms with Crippen LogP contribution in [0.4, 0.5) is 14.9 Å². The van der Waals surface area contributed by atoms with E-state index in [9.17, 15) is 23.6 Å². The maximum atomic E-state index is 13.0. The zero-order valence-corrected chi connectivity index (χ0v) is 18.0. The lowest BCUT2D eigenvalue weighted by Crippen LogP contribution is -2.36. The highest BCUT2D eigenvalue weighted by Gasteiger charge is 2.36. The quantitative estimate of drug-likeness (QED) is 0.547. The molecule has 0 unspecified atom stereocenters. The molecule has 0 radical (unpaired) electrons. The number of amides is 3. The third kappa shape index (κ3) is 5.92. The van der Waals surface area contributed by atoms with Gasteiger partial charge < -0.3 is 15.2 Å². The van der Waals surface area contributed by atoms with Crippen LogP contribution in [-0.2, 0) is 14.4 Å². The standard InChI is InChI=1S/C20H14BrFN2O6S/c21-12-1-6-15(30-10-18(26)27)11(7-12)8-16-19(28)24(20(29)31-16)9-17(25)23-14-4-2-13(22)3-5-14/h1-8H,9-10H2,(H,23,25)(H,26,27)/b16-8-. The first-order chi connectivity index (χ1) is 14.7. The molecular weight excluding hydrogens is 495 g/mol. The van der Waals surface area contributed by atoms with E-state index < -0.39 is 42.0 Å². The van der Waals surface area contributed by atoms with Crippen LogP contribution in [0, 0.1) is 5.82 Å². The number of aliphatic carboxylic acids is 1. The number of carbonyl (C=O) groups is 4. The van der Waals surface area contributed by atoms with E-state index >= 15 is 0 Å². The molecule has 0 spiro atoms. The van der Waals surface area contributed by atoms with Gasteiger partial charge in [-0.15, -0.1) is 0 Å². The average molecular weight is 509 g/mol. The Kier molecular flexibility index (Phi) is 7.08. The molecule has 8 nitrogen and oxygen atoms in total. The first-order valence-corrected chi connectivity index (χ1v) is 10.3. The second-order valence-corrected chi connectivity index (χ2v) is 8.10. The summed E-state index contributed by atoms with van der Waals surface area (Å²) in [5.41, 5.74) is 0.708. The number of nitrogens with zero attached hydrogens (tertiary/aromatic N) is 1. The summed E-state index contributed by atoms with van der Waals surface area (Å²) in [7, 11) is 0. The zero-order chi connectivity index (χ0) is 22.5. The molecule has 160 valence electrons. The molecule has 11 heteroatoms. The summed E-state index contributed by atoms with van der Waals surface area (Å²) in [5.74, 6) is -2.71. The first kappa shape index (κ1) is 22.5. The molecule has 2 aromatic carbocycles. The fraction of sp³-hybridized carbons (Fsp3) is 0.100. The largest absolute Gasteiger partial charge is 0.481 e. The Hall–Kier alpha value is -3.18. The third-order valence-electron chi connectivity index (χ3n) is 3.91. The van der Waals surface area contributed by atoms with Crippen molar-refractivity contribution in [1.82, 2.24) is 4.90 Å². The number of hydrogen-bond acceptors (Lipinski definition) is 6. The molecule has 1 fully saturated rings. The summed E-state index contributed by atoms with van der Waals surface area (Å²) in [5, 5.41) is 10.7. The zero-order valence-electron chi connectivity index (χ0n) is 15.6. The maximum absolute atomic E-state index is 13.0. The van der Waals surface area contributed by atoms with Crippen LogP contribution in [0.5, 0.6) is 5.75 Å². The van der Waals surface area contributed by atoms with E-state index in [1.165, 1.54) is 36.4 Å². The molecule has 31 heavy (non-hydrogen) atoms. The average Bonchev–Trinajstić information content (AvgIpc) is 2.96. The molecule has 2 aromatic rings. The number of carbonyl (C=O) groups excluding carboxylic acids is 3. The van der Waals surface area contributed by atoms with Crippen LogP contribution in [-0.4, -0.2) is 46.2 Å². The minimum atomic E-state index is -1.17. The molecule has 1 heterocycles. The van der Waals surface area contributed by atoms with Gasteiger partial charge in [-0.2, -0.15) is 0 Å². The Balaban J connectivity index is 1.74. The van der Waals surface area contributed by atoms with E-state index in [0.717, 1.165) is 4.90 Å². The summed E-state index contributed by atoms with van der Waals surface area (Å²) < 4.78 is 18.8. The van der Waals surface area contributed by atoms with Crippen LogP contribution in [0.1, 0.15) is 5.56 Å². The number of benzene rings is 2. The number of hydrogen-bond donors (Lipinski definition) is 2. The predicted octanol–water partition coefficient (Wildman–Crippen LogP) is 3.73. The summed E-state index contributed by atoms with van der Waals surface area (Å²) in [6, 6.07) is 9.81. The highest BCUT2D eigenvalue weighted by atomic mass is 79.9. The number of imide groups is 1. The van der Waals surface area contributed by atoms with Crippen molar-refractivity contribution in [2.24, 2.45) is 0 Å². The molecule has 2 N–H and O–H groups in total. The van der Waals surface area contributed by atoms with Gasteiger partial charge in [0.05, 0.1) is 4.91 Å². The smallest absolute Gasteiger partial charge is 0.341 e. The topological polar surface area (TPSA) is 113 Å². The fourth-order valence-corrected chi connectivity index (χ4v) is 3.77. The second-order valence-electron chi connectivity index (χ2n) is 6.19. The van der Waals surface area contributed by atoms with Gasteiger partial charge in [0.25, 0.3) is 11.1 Å². The number of rotatable bonds is 7. The monoisotopic (exact) mass is 508 g/mol. The molecule has 0 aliphatic carbocycles. The number of carboxylic acid groups (broad SMARTS) is 1. The van der Waals surface area contributed by atoms with Gasteiger partial charge in [-0.3, -0.25) is 19.3 Å². The molecule has 1 aliphatic rings. The van der Waals surface area contributed by atoms with Gasteiger partial charge in [-0.25, -0.2) is 9.18 Å². The number of carboxylic acids is 1. The van der Waals surface area contributed by atoms with E-state index in [4.69, 9.17) is 9.84 Å². The molecule has 0 atom stereocenters. The lowest BCUT2D eigenvalue weighted by molar-refractivity contribution is -0.139. The fourth-order valence-electron chi connectivity index (χ4n) is 2.56. The Labute approximate surface area is 188 Å². The number of halogens is 2. The molecule has 3 rings (SSSR count). The van der Waals surface area contributed by atoms with Crippen molar-refractivity contribution < 1.29 is 33.4 Å². The van der Waals surface area contributed by atoms with E-state index in [-0.39, 0.29) is 10.7 Å². The Morgan fingerprint density at radius 1 is 1.19 bits per heavy atom. The summed E-state index contributed by atoms with van der Waals surface area (Å²) in [6.07, 6.45) is 1.39. The van der Waals surface area contributed by atoms with Crippen molar-refractivity contribution in [2.45, 2.75) is 0 Å². The maximum Gasteiger partial charge on any atom is 0.341 e. The molecule has 0 aromatic heterocycles. The third-order valence-corrected chi connectivity index (χ3v) is 5.31. The Morgan fingerprint density at radius 3 is 2.58 bits per heavy atom. The minimum Gasteiger partial charge on any atom is -0.481 e. The lowest BCUT2D eigenvalue weighted by Gasteiger charge is -2.12. The van der Waals surface area contributed by atoms with Gasteiger partial charge in [0.2, 0.25) is 5.91 Å². The van der Waals surface area contributed by atoms with Crippen LogP contribution < -0.4 is 10.1 Å². The van der Waals surface area contributed by atoms with Crippen molar-refractivity contribution >= 4 is 62.5 Å². The van der Waals surface area contributed by atoms with Crippen molar-refractivity contribution in [3.05, 3.63) is 63.2 Å². The Bertz CT molecular complexity index is 1090. The van der Waals surface area contributed by atoms with Crippen molar-refractivity contribution in [3.8, 4) is 5.75 Å². The lowest BCUT2D eigenvalue weighted by atomic mass is 10.2. The van der Waals surface area contributed by atoms with E-state index in [1.54, 1.807) is 12.1 Å². The van der Waals surface area contributed by atoms with Gasteiger partial charge >= 0.3 is 5.97 Å². The highest BCUT2D eigenvalue weighted by molar-refractivity contribution is 9.10. The van der Waals surface area contributed by atoms with Crippen LogP contribution in [0.2, 0.25) is 0 Å². The minimum absolute atomic E-state index is 0.0536. The van der Waals surface area contributed by atoms with Crippen LogP contribution in [0.25, 0.3) is 6.08 Å². The summed E-state index contributed by atoms with van der Waals surface area (Å²) in [4.78, 5) is 48.7. The van der Waals surface area contributed by atoms with Gasteiger partial charge in [0, 0.05) is 15.7 Å². The molecule has 1 saturated heterocycles. The van der Waals surface area contributed by atoms with E-state index in [0.29, 0.717) is 27.5 Å². The number of nitrogens with one attached hydrogen (secondary N) is 1. The predicted molar refractivity (Wildman–Crippen MR) is 115 cm³/mol. The number of anilines is 1. The second kappa shape index (κ2) is 9.75. The number of thioether (sulfide) groups is 1. The van der Waals surface area contributed by atoms with Crippen LogP contribution >= 0.6 is 27.7 Å². The van der Waals surface area contributed by atoms with Gasteiger partial charge in [-0.05, 0) is 60.3 Å². The first-order valence-electron chi connectivity index (χ1n) is 8.68. The van der Waals surface area contributed by atoms with Crippen molar-refractivity contribution in [1.29, 1.82) is 0 Å². The summed E-state index contributed by atoms with van der Waals surface area (Å²) in [6.45, 7) is -1.09.